The number of hydrogen-bond acceptors (Lipinski definition) is 3. The molecule has 0 unspecified atom stereocenters. The summed E-state index contributed by atoms with van der Waals surface area (Å²) >= 11 is 5.92. The molecule has 2 aromatic carbocycles. The summed E-state index contributed by atoms with van der Waals surface area (Å²) in [5.41, 5.74) is 0.439. The number of methoxy groups -OCH3 is 1. The third-order valence-electron chi connectivity index (χ3n) is 2.38. The highest BCUT2D eigenvalue weighted by atomic mass is 35.5. The molecule has 0 saturated carbocycles. The molecule has 3 nitrogen and oxygen atoms in total. The molecule has 0 aliphatic heterocycles. The normalized spacial score (nSPS) is 9.89. The molecule has 0 aromatic heterocycles. The monoisotopic (exact) mass is 262 g/mol. The zero-order valence-electron chi connectivity index (χ0n) is 9.72. The van der Waals surface area contributed by atoms with Gasteiger partial charge in [0.2, 0.25) is 0 Å². The number of benzene rings is 2. The molecule has 0 amide bonds. The molecular weight excluding hydrogens is 252 g/mol. The third kappa shape index (κ3) is 2.81. The van der Waals surface area contributed by atoms with Crippen molar-refractivity contribution in [1.82, 2.24) is 0 Å². The van der Waals surface area contributed by atoms with Gasteiger partial charge in [-0.05, 0) is 24.3 Å². The number of ether oxygens (including phenoxy) is 2. The quantitative estimate of drug-likeness (QED) is 0.783. The molecule has 0 atom stereocenters. The van der Waals surface area contributed by atoms with Crippen LogP contribution in [0, 0.1) is 0 Å². The first-order chi connectivity index (χ1) is 8.72. The van der Waals surface area contributed by atoms with Crippen LogP contribution in [-0.4, -0.2) is 13.4 Å². The van der Waals surface area contributed by atoms with Crippen molar-refractivity contribution in [3.8, 4) is 17.2 Å². The van der Waals surface area contributed by atoms with E-state index in [4.69, 9.17) is 21.1 Å². The number of carbonyl (C=O) groups excluding carboxylic acids is 1. The van der Waals surface area contributed by atoms with E-state index in [9.17, 15) is 4.79 Å². The van der Waals surface area contributed by atoms with Crippen LogP contribution < -0.4 is 9.47 Å². The highest BCUT2D eigenvalue weighted by molar-refractivity contribution is 6.33. The fraction of sp³-hybridized carbons (Fsp3) is 0.0714. The molecule has 0 fully saturated rings. The summed E-state index contributed by atoms with van der Waals surface area (Å²) in [4.78, 5) is 10.6. The van der Waals surface area contributed by atoms with Gasteiger partial charge in [0.1, 0.15) is 17.2 Å². The van der Waals surface area contributed by atoms with Crippen molar-refractivity contribution < 1.29 is 14.3 Å². The Morgan fingerprint density at radius 3 is 2.44 bits per heavy atom. The lowest BCUT2D eigenvalue weighted by Gasteiger charge is -2.08. The Morgan fingerprint density at radius 1 is 1.06 bits per heavy atom. The first-order valence-corrected chi connectivity index (χ1v) is 5.67. The van der Waals surface area contributed by atoms with E-state index in [0.29, 0.717) is 34.1 Å². The van der Waals surface area contributed by atoms with Gasteiger partial charge >= 0.3 is 0 Å². The van der Waals surface area contributed by atoms with Gasteiger partial charge in [0.25, 0.3) is 0 Å². The van der Waals surface area contributed by atoms with E-state index in [-0.39, 0.29) is 0 Å². The lowest BCUT2D eigenvalue weighted by atomic mass is 10.2. The van der Waals surface area contributed by atoms with E-state index in [2.05, 4.69) is 0 Å². The van der Waals surface area contributed by atoms with E-state index >= 15 is 0 Å². The molecule has 92 valence electrons. The van der Waals surface area contributed by atoms with Gasteiger partial charge in [-0.15, -0.1) is 0 Å². The van der Waals surface area contributed by atoms with Crippen LogP contribution in [0.1, 0.15) is 10.4 Å². The standard InChI is InChI=1S/C14H11ClO3/c1-17-11-3-2-4-12(7-11)18-13-6-5-10(9-16)14(15)8-13/h2-9H,1H3. The lowest BCUT2D eigenvalue weighted by Crippen LogP contribution is -1.88. The average molecular weight is 263 g/mol. The highest BCUT2D eigenvalue weighted by Crippen LogP contribution is 2.28. The molecular formula is C14H11ClO3. The molecule has 0 aliphatic rings. The van der Waals surface area contributed by atoms with Gasteiger partial charge in [0, 0.05) is 17.7 Å². The minimum Gasteiger partial charge on any atom is -0.497 e. The maximum atomic E-state index is 10.6. The molecule has 0 N–H and O–H groups in total. The molecule has 0 aliphatic carbocycles. The van der Waals surface area contributed by atoms with Gasteiger partial charge in [0.15, 0.2) is 6.29 Å². The Kier molecular flexibility index (Phi) is 3.85. The Labute approximate surface area is 110 Å². The summed E-state index contributed by atoms with van der Waals surface area (Å²) in [6.07, 6.45) is 0.706. The molecule has 0 spiro atoms. The van der Waals surface area contributed by atoms with E-state index < -0.39 is 0 Å². The molecule has 2 rings (SSSR count). The summed E-state index contributed by atoms with van der Waals surface area (Å²) < 4.78 is 10.7. The Morgan fingerprint density at radius 2 is 1.78 bits per heavy atom. The molecule has 18 heavy (non-hydrogen) atoms. The van der Waals surface area contributed by atoms with Gasteiger partial charge in [0.05, 0.1) is 12.1 Å². The number of carbonyl (C=O) groups is 1. The van der Waals surface area contributed by atoms with E-state index in [1.807, 2.05) is 18.2 Å². The molecule has 0 saturated heterocycles. The number of aldehydes is 1. The summed E-state index contributed by atoms with van der Waals surface area (Å²) in [5.74, 6) is 1.92. The Hall–Kier alpha value is -2.00. The predicted octanol–water partition coefficient (Wildman–Crippen LogP) is 3.95. The van der Waals surface area contributed by atoms with Gasteiger partial charge in [-0.3, -0.25) is 4.79 Å². The second-order valence-electron chi connectivity index (χ2n) is 3.58. The van der Waals surface area contributed by atoms with Crippen LogP contribution in [-0.2, 0) is 0 Å². The van der Waals surface area contributed by atoms with Crippen molar-refractivity contribution in [1.29, 1.82) is 0 Å². The third-order valence-corrected chi connectivity index (χ3v) is 2.70. The second-order valence-corrected chi connectivity index (χ2v) is 3.99. The summed E-state index contributed by atoms with van der Waals surface area (Å²) in [6.45, 7) is 0. The van der Waals surface area contributed by atoms with E-state index in [1.54, 1.807) is 31.4 Å². The zero-order chi connectivity index (χ0) is 13.0. The zero-order valence-corrected chi connectivity index (χ0v) is 10.5. The largest absolute Gasteiger partial charge is 0.497 e. The van der Waals surface area contributed by atoms with Gasteiger partial charge < -0.3 is 9.47 Å². The van der Waals surface area contributed by atoms with E-state index in [1.165, 1.54) is 0 Å². The lowest BCUT2D eigenvalue weighted by molar-refractivity contribution is 0.112. The SMILES string of the molecule is COc1cccc(Oc2ccc(C=O)c(Cl)c2)c1. The van der Waals surface area contributed by atoms with Crippen LogP contribution in [0.3, 0.4) is 0 Å². The molecule has 4 heteroatoms. The van der Waals surface area contributed by atoms with Crippen LogP contribution in [0.15, 0.2) is 42.5 Å². The fourth-order valence-corrected chi connectivity index (χ4v) is 1.68. The molecule has 2 aromatic rings. The smallest absolute Gasteiger partial charge is 0.151 e. The van der Waals surface area contributed by atoms with Crippen molar-refractivity contribution in [3.63, 3.8) is 0 Å². The van der Waals surface area contributed by atoms with Crippen LogP contribution in [0.2, 0.25) is 5.02 Å². The predicted molar refractivity (Wildman–Crippen MR) is 69.9 cm³/mol. The van der Waals surface area contributed by atoms with Crippen LogP contribution in [0.25, 0.3) is 0 Å². The van der Waals surface area contributed by atoms with Crippen molar-refractivity contribution in [2.75, 3.05) is 7.11 Å². The average Bonchev–Trinajstić information content (AvgIpc) is 2.39. The fourth-order valence-electron chi connectivity index (χ4n) is 1.47. The van der Waals surface area contributed by atoms with Crippen LogP contribution in [0.5, 0.6) is 17.2 Å². The number of halogens is 1. The summed E-state index contributed by atoms with van der Waals surface area (Å²) in [7, 11) is 1.59. The minimum absolute atomic E-state index is 0.366. The Balaban J connectivity index is 2.22. The van der Waals surface area contributed by atoms with Gasteiger partial charge in [-0.1, -0.05) is 17.7 Å². The van der Waals surface area contributed by atoms with Gasteiger partial charge in [-0.25, -0.2) is 0 Å². The molecule has 0 heterocycles. The first-order valence-electron chi connectivity index (χ1n) is 5.29. The van der Waals surface area contributed by atoms with Crippen molar-refractivity contribution in [3.05, 3.63) is 53.1 Å². The van der Waals surface area contributed by atoms with Crippen molar-refractivity contribution in [2.45, 2.75) is 0 Å². The van der Waals surface area contributed by atoms with Crippen molar-refractivity contribution >= 4 is 17.9 Å². The van der Waals surface area contributed by atoms with Crippen LogP contribution in [0.4, 0.5) is 0 Å². The summed E-state index contributed by atoms with van der Waals surface area (Å²) in [5, 5.41) is 0.366. The Bertz CT molecular complexity index is 567. The molecule has 0 radical (unpaired) electrons. The topological polar surface area (TPSA) is 35.5 Å². The highest BCUT2D eigenvalue weighted by Gasteiger charge is 2.03. The number of hydrogen-bond donors (Lipinski definition) is 0. The maximum absolute atomic E-state index is 10.6. The van der Waals surface area contributed by atoms with E-state index in [0.717, 1.165) is 0 Å². The minimum atomic E-state index is 0.366. The second kappa shape index (κ2) is 5.56. The first kappa shape index (κ1) is 12.5. The van der Waals surface area contributed by atoms with Gasteiger partial charge in [-0.2, -0.15) is 0 Å². The van der Waals surface area contributed by atoms with Crippen LogP contribution >= 0.6 is 11.6 Å². The molecule has 0 bridgehead atoms. The summed E-state index contributed by atoms with van der Waals surface area (Å²) in [6, 6.07) is 12.1. The number of rotatable bonds is 4. The maximum Gasteiger partial charge on any atom is 0.151 e. The van der Waals surface area contributed by atoms with Crippen molar-refractivity contribution in [2.24, 2.45) is 0 Å².